The number of rotatable bonds is 6. The van der Waals surface area contributed by atoms with Crippen molar-refractivity contribution in [2.24, 2.45) is 0 Å². The van der Waals surface area contributed by atoms with E-state index >= 15 is 0 Å². The molecule has 4 heteroatoms. The second-order valence-electron chi connectivity index (χ2n) is 5.18. The number of hydrogen-bond donors (Lipinski definition) is 2. The smallest absolute Gasteiger partial charge is 0.240 e. The van der Waals surface area contributed by atoms with Crippen molar-refractivity contribution in [3.05, 3.63) is 36.0 Å². The van der Waals surface area contributed by atoms with Gasteiger partial charge >= 0.3 is 0 Å². The van der Waals surface area contributed by atoms with Gasteiger partial charge in [-0.3, -0.25) is 4.79 Å². The summed E-state index contributed by atoms with van der Waals surface area (Å²) in [7, 11) is 0. The lowest BCUT2D eigenvalue weighted by Gasteiger charge is -2.12. The van der Waals surface area contributed by atoms with Crippen molar-refractivity contribution in [3.8, 4) is 0 Å². The van der Waals surface area contributed by atoms with Gasteiger partial charge in [-0.05, 0) is 30.9 Å². The van der Waals surface area contributed by atoms with Crippen LogP contribution in [0.25, 0.3) is 10.9 Å². The molecule has 1 amide bonds. The van der Waals surface area contributed by atoms with E-state index in [-0.39, 0.29) is 12.5 Å². The van der Waals surface area contributed by atoms with Crippen molar-refractivity contribution >= 4 is 16.8 Å². The molecule has 1 aromatic heterocycles. The average molecular weight is 274 g/mol. The van der Waals surface area contributed by atoms with E-state index in [1.807, 2.05) is 42.7 Å². The molecule has 0 aliphatic carbocycles. The first kappa shape index (κ1) is 14.6. The minimum Gasteiger partial charge on any atom is -0.391 e. The largest absolute Gasteiger partial charge is 0.391 e. The summed E-state index contributed by atoms with van der Waals surface area (Å²) in [6, 6.07) is 10.1. The highest BCUT2D eigenvalue weighted by molar-refractivity contribution is 5.84. The number of para-hydroxylation sites is 1. The van der Waals surface area contributed by atoms with Crippen LogP contribution in [-0.4, -0.2) is 28.2 Å². The Balaban J connectivity index is 2.01. The zero-order chi connectivity index (χ0) is 14.5. The zero-order valence-electron chi connectivity index (χ0n) is 12.1. The van der Waals surface area contributed by atoms with E-state index in [0.29, 0.717) is 13.0 Å². The molecule has 1 aromatic carbocycles. The van der Waals surface area contributed by atoms with Crippen LogP contribution >= 0.6 is 0 Å². The number of aromatic nitrogens is 1. The maximum atomic E-state index is 12.0. The van der Waals surface area contributed by atoms with Crippen LogP contribution in [0, 0.1) is 6.92 Å². The maximum Gasteiger partial charge on any atom is 0.240 e. The van der Waals surface area contributed by atoms with Gasteiger partial charge in [0.05, 0.1) is 6.10 Å². The van der Waals surface area contributed by atoms with Crippen LogP contribution in [0.1, 0.15) is 25.5 Å². The molecule has 108 valence electrons. The van der Waals surface area contributed by atoms with Gasteiger partial charge in [0.25, 0.3) is 0 Å². The number of benzene rings is 1. The third-order valence-electron chi connectivity index (χ3n) is 3.48. The summed E-state index contributed by atoms with van der Waals surface area (Å²) in [6.07, 6.45) is 1.18. The van der Waals surface area contributed by atoms with Crippen molar-refractivity contribution in [2.75, 3.05) is 6.54 Å². The SMILES string of the molecule is CCCC(O)CNC(=O)Cn1c(C)cc2ccccc21. The van der Waals surface area contributed by atoms with Gasteiger partial charge in [0, 0.05) is 17.8 Å². The third kappa shape index (κ3) is 3.39. The molecule has 0 saturated heterocycles. The van der Waals surface area contributed by atoms with Gasteiger partial charge < -0.3 is 15.0 Å². The van der Waals surface area contributed by atoms with Crippen LogP contribution in [0.3, 0.4) is 0 Å². The van der Waals surface area contributed by atoms with Gasteiger partial charge in [0.15, 0.2) is 0 Å². The molecule has 0 radical (unpaired) electrons. The quantitative estimate of drug-likeness (QED) is 0.848. The summed E-state index contributed by atoms with van der Waals surface area (Å²) in [6.45, 7) is 4.63. The van der Waals surface area contributed by atoms with Crippen LogP contribution in [-0.2, 0) is 11.3 Å². The molecule has 1 unspecified atom stereocenters. The van der Waals surface area contributed by atoms with E-state index in [2.05, 4.69) is 11.4 Å². The minimum absolute atomic E-state index is 0.0652. The fourth-order valence-corrected chi connectivity index (χ4v) is 2.42. The Morgan fingerprint density at radius 1 is 1.40 bits per heavy atom. The summed E-state index contributed by atoms with van der Waals surface area (Å²) in [5, 5.41) is 13.6. The molecular weight excluding hydrogens is 252 g/mol. The van der Waals surface area contributed by atoms with E-state index in [9.17, 15) is 9.90 Å². The Hall–Kier alpha value is -1.81. The first-order valence-corrected chi connectivity index (χ1v) is 7.11. The number of carbonyl (C=O) groups is 1. The van der Waals surface area contributed by atoms with Crippen molar-refractivity contribution in [1.29, 1.82) is 0 Å². The topological polar surface area (TPSA) is 54.3 Å². The molecule has 0 bridgehead atoms. The van der Waals surface area contributed by atoms with E-state index in [1.165, 1.54) is 0 Å². The average Bonchev–Trinajstić information content (AvgIpc) is 2.73. The number of hydrogen-bond acceptors (Lipinski definition) is 2. The van der Waals surface area contributed by atoms with Crippen molar-refractivity contribution in [1.82, 2.24) is 9.88 Å². The van der Waals surface area contributed by atoms with Crippen molar-refractivity contribution in [2.45, 2.75) is 39.3 Å². The Morgan fingerprint density at radius 3 is 2.90 bits per heavy atom. The Kier molecular flexibility index (Phi) is 4.79. The van der Waals surface area contributed by atoms with Crippen molar-refractivity contribution in [3.63, 3.8) is 0 Å². The Bertz CT molecular complexity index is 589. The summed E-state index contributed by atoms with van der Waals surface area (Å²) >= 11 is 0. The van der Waals surface area contributed by atoms with Crippen LogP contribution in [0.5, 0.6) is 0 Å². The number of carbonyl (C=O) groups excluding carboxylic acids is 1. The van der Waals surface area contributed by atoms with Gasteiger partial charge in [0.1, 0.15) is 6.54 Å². The fourth-order valence-electron chi connectivity index (χ4n) is 2.42. The zero-order valence-corrected chi connectivity index (χ0v) is 12.1. The Morgan fingerprint density at radius 2 is 2.15 bits per heavy atom. The van der Waals surface area contributed by atoms with Gasteiger partial charge in [-0.25, -0.2) is 0 Å². The predicted molar refractivity (Wildman–Crippen MR) is 80.6 cm³/mol. The van der Waals surface area contributed by atoms with Crippen LogP contribution in [0.15, 0.2) is 30.3 Å². The number of aliphatic hydroxyl groups excluding tert-OH is 1. The lowest BCUT2D eigenvalue weighted by molar-refractivity contribution is -0.122. The van der Waals surface area contributed by atoms with Crippen LogP contribution in [0.4, 0.5) is 0 Å². The number of aliphatic hydroxyl groups is 1. The molecule has 0 fully saturated rings. The van der Waals surface area contributed by atoms with Gasteiger partial charge in [0.2, 0.25) is 5.91 Å². The molecule has 0 saturated carbocycles. The molecule has 1 atom stereocenters. The highest BCUT2D eigenvalue weighted by Gasteiger charge is 2.10. The second kappa shape index (κ2) is 6.57. The first-order valence-electron chi connectivity index (χ1n) is 7.11. The van der Waals surface area contributed by atoms with E-state index < -0.39 is 6.10 Å². The van der Waals surface area contributed by atoms with Gasteiger partial charge in [-0.15, -0.1) is 0 Å². The lowest BCUT2D eigenvalue weighted by atomic mass is 10.2. The molecule has 0 aliphatic rings. The number of aryl methyl sites for hydroxylation is 1. The molecule has 2 aromatic rings. The van der Waals surface area contributed by atoms with Gasteiger partial charge in [-0.1, -0.05) is 31.5 Å². The summed E-state index contributed by atoms with van der Waals surface area (Å²) in [4.78, 5) is 12.0. The fraction of sp³-hybridized carbons (Fsp3) is 0.438. The van der Waals surface area contributed by atoms with E-state index in [0.717, 1.165) is 23.0 Å². The van der Waals surface area contributed by atoms with Crippen LogP contribution < -0.4 is 5.32 Å². The maximum absolute atomic E-state index is 12.0. The number of amides is 1. The van der Waals surface area contributed by atoms with Gasteiger partial charge in [-0.2, -0.15) is 0 Å². The molecule has 20 heavy (non-hydrogen) atoms. The summed E-state index contributed by atoms with van der Waals surface area (Å²) < 4.78 is 2.00. The summed E-state index contributed by atoms with van der Waals surface area (Å²) in [5.74, 6) is -0.0652. The molecule has 4 nitrogen and oxygen atoms in total. The molecular formula is C16H22N2O2. The number of nitrogens with one attached hydrogen (secondary N) is 1. The summed E-state index contributed by atoms with van der Waals surface area (Å²) in [5.41, 5.74) is 2.13. The standard InChI is InChI=1S/C16H22N2O2/c1-3-6-14(19)10-17-16(20)11-18-12(2)9-13-7-4-5-8-15(13)18/h4-5,7-9,14,19H,3,6,10-11H2,1-2H3,(H,17,20). The van der Waals surface area contributed by atoms with E-state index in [4.69, 9.17) is 0 Å². The third-order valence-corrected chi connectivity index (χ3v) is 3.48. The van der Waals surface area contributed by atoms with Crippen LogP contribution in [0.2, 0.25) is 0 Å². The molecule has 1 heterocycles. The number of nitrogens with zero attached hydrogens (tertiary/aromatic N) is 1. The second-order valence-corrected chi connectivity index (χ2v) is 5.18. The minimum atomic E-state index is -0.452. The highest BCUT2D eigenvalue weighted by Crippen LogP contribution is 2.18. The Labute approximate surface area is 119 Å². The molecule has 0 spiro atoms. The predicted octanol–water partition coefficient (Wildman–Crippen LogP) is 2.23. The van der Waals surface area contributed by atoms with Crippen molar-refractivity contribution < 1.29 is 9.90 Å². The molecule has 0 aliphatic heterocycles. The molecule has 2 N–H and O–H groups in total. The normalized spacial score (nSPS) is 12.6. The van der Waals surface area contributed by atoms with E-state index in [1.54, 1.807) is 0 Å². The highest BCUT2D eigenvalue weighted by atomic mass is 16.3. The lowest BCUT2D eigenvalue weighted by Crippen LogP contribution is -2.34. The number of fused-ring (bicyclic) bond motifs is 1. The molecule has 2 rings (SSSR count). The first-order chi connectivity index (χ1) is 9.61. The monoisotopic (exact) mass is 274 g/mol.